The molecule has 14 nitrogen and oxygen atoms in total. The van der Waals surface area contributed by atoms with Crippen molar-refractivity contribution < 1.29 is 23.9 Å². The number of nitrogens with zero attached hydrogens (tertiary/aromatic N) is 6. The number of primary amides is 1. The van der Waals surface area contributed by atoms with Gasteiger partial charge in [0.2, 0.25) is 0 Å². The molecule has 1 unspecified atom stereocenters. The number of methoxy groups -OCH3 is 1. The first kappa shape index (κ1) is 32.3. The second kappa shape index (κ2) is 13.6. The van der Waals surface area contributed by atoms with Crippen LogP contribution >= 0.6 is 0 Å². The van der Waals surface area contributed by atoms with Gasteiger partial charge in [-0.05, 0) is 60.9 Å². The molecule has 1 saturated heterocycles. The lowest BCUT2D eigenvalue weighted by molar-refractivity contribution is -0.000267. The van der Waals surface area contributed by atoms with E-state index in [1.54, 1.807) is 61.7 Å². The normalized spacial score (nSPS) is 18.9. The zero-order chi connectivity index (χ0) is 34.5. The number of carbonyl (C=O) groups is 3. The molecule has 6 rings (SSSR count). The first-order valence-electron chi connectivity index (χ1n) is 15.3. The Balaban J connectivity index is 1.28. The van der Waals surface area contributed by atoms with E-state index in [2.05, 4.69) is 26.7 Å². The number of imide groups is 1. The molecule has 2 aromatic carbocycles. The number of nitrogens with two attached hydrogens (primary N) is 1. The molecule has 2 aliphatic rings. The minimum absolute atomic E-state index is 0.0521. The molecule has 14 heteroatoms. The number of urea groups is 2. The maximum absolute atomic E-state index is 13.4. The van der Waals surface area contributed by atoms with Gasteiger partial charge in [0.25, 0.3) is 0 Å². The number of hydrogen-bond donors (Lipinski definition) is 3. The SMILES string of the molecule is COc1ccc(CNC(=O)NC2CC3(C2)CN(c2cccc(C#N)n2)C3c2ccc(C#N)nc2N(C(N)=O)C(=O)Oc2ccccc2)cc1. The maximum Gasteiger partial charge on any atom is 0.429 e. The van der Waals surface area contributed by atoms with Gasteiger partial charge in [-0.2, -0.15) is 15.4 Å². The molecule has 1 atom stereocenters. The summed E-state index contributed by atoms with van der Waals surface area (Å²) in [5.41, 5.74) is 6.78. The van der Waals surface area contributed by atoms with Crippen molar-refractivity contribution in [1.82, 2.24) is 20.6 Å². The molecule has 49 heavy (non-hydrogen) atoms. The summed E-state index contributed by atoms with van der Waals surface area (Å²) in [5.74, 6) is 1.23. The molecule has 5 amide bonds. The number of ether oxygens (including phenoxy) is 2. The quantitative estimate of drug-likeness (QED) is 0.242. The summed E-state index contributed by atoms with van der Waals surface area (Å²) in [6, 6.07) is 25.5. The van der Waals surface area contributed by atoms with Gasteiger partial charge in [-0.15, -0.1) is 0 Å². The minimum atomic E-state index is -1.16. The smallest absolute Gasteiger partial charge is 0.429 e. The van der Waals surface area contributed by atoms with Crippen molar-refractivity contribution in [3.05, 3.63) is 107 Å². The van der Waals surface area contributed by atoms with Crippen molar-refractivity contribution in [3.63, 3.8) is 0 Å². The molecule has 1 saturated carbocycles. The lowest BCUT2D eigenvalue weighted by atomic mass is 9.54. The van der Waals surface area contributed by atoms with Gasteiger partial charge in [-0.1, -0.05) is 42.5 Å². The van der Waals surface area contributed by atoms with Gasteiger partial charge >= 0.3 is 18.2 Å². The van der Waals surface area contributed by atoms with Crippen molar-refractivity contribution in [1.29, 1.82) is 10.5 Å². The first-order valence-corrected chi connectivity index (χ1v) is 15.3. The third-order valence-corrected chi connectivity index (χ3v) is 8.65. The highest BCUT2D eigenvalue weighted by molar-refractivity contribution is 6.11. The van der Waals surface area contributed by atoms with Gasteiger partial charge < -0.3 is 30.7 Å². The van der Waals surface area contributed by atoms with Gasteiger partial charge in [0.05, 0.1) is 13.2 Å². The van der Waals surface area contributed by atoms with E-state index >= 15 is 0 Å². The molecule has 2 aromatic heterocycles. The van der Waals surface area contributed by atoms with Gasteiger partial charge in [0.1, 0.15) is 40.8 Å². The van der Waals surface area contributed by atoms with Crippen LogP contribution in [-0.4, -0.2) is 47.8 Å². The van der Waals surface area contributed by atoms with E-state index in [0.717, 1.165) is 11.3 Å². The zero-order valence-corrected chi connectivity index (χ0v) is 26.4. The summed E-state index contributed by atoms with van der Waals surface area (Å²) >= 11 is 0. The molecule has 246 valence electrons. The van der Waals surface area contributed by atoms with Crippen LogP contribution in [0.25, 0.3) is 0 Å². The summed E-state index contributed by atoms with van der Waals surface area (Å²) in [4.78, 5) is 50.5. The van der Waals surface area contributed by atoms with Gasteiger partial charge in [0, 0.05) is 30.1 Å². The second-order valence-electron chi connectivity index (χ2n) is 11.7. The van der Waals surface area contributed by atoms with Crippen LogP contribution in [0, 0.1) is 28.1 Å². The van der Waals surface area contributed by atoms with Crippen LogP contribution in [0.2, 0.25) is 0 Å². The summed E-state index contributed by atoms with van der Waals surface area (Å²) in [5, 5.41) is 25.1. The zero-order valence-electron chi connectivity index (χ0n) is 26.4. The van der Waals surface area contributed by atoms with E-state index in [-0.39, 0.29) is 35.0 Å². The molecular weight excluding hydrogens is 626 g/mol. The number of benzene rings is 2. The molecule has 1 spiro atoms. The summed E-state index contributed by atoms with van der Waals surface area (Å²) in [7, 11) is 1.59. The molecular formula is C35H31N9O5. The fourth-order valence-corrected chi connectivity index (χ4v) is 6.46. The Bertz CT molecular complexity index is 1970. The van der Waals surface area contributed by atoms with Gasteiger partial charge in [-0.3, -0.25) is 0 Å². The Hall–Kier alpha value is -6.67. The van der Waals surface area contributed by atoms with Crippen molar-refractivity contribution in [3.8, 4) is 23.6 Å². The lowest BCUT2D eigenvalue weighted by Crippen LogP contribution is -2.69. The van der Waals surface area contributed by atoms with E-state index < -0.39 is 23.6 Å². The molecule has 2 fully saturated rings. The predicted molar refractivity (Wildman–Crippen MR) is 176 cm³/mol. The molecule has 1 aliphatic carbocycles. The number of hydrogen-bond acceptors (Lipinski definition) is 10. The average molecular weight is 658 g/mol. The molecule has 4 aromatic rings. The Morgan fingerprint density at radius 2 is 1.65 bits per heavy atom. The fraction of sp³-hybridized carbons (Fsp3) is 0.229. The van der Waals surface area contributed by atoms with E-state index in [1.807, 2.05) is 35.2 Å². The highest BCUT2D eigenvalue weighted by Gasteiger charge is 2.61. The summed E-state index contributed by atoms with van der Waals surface area (Å²) < 4.78 is 10.6. The number of nitriles is 2. The largest absolute Gasteiger partial charge is 0.497 e. The second-order valence-corrected chi connectivity index (χ2v) is 11.7. The van der Waals surface area contributed by atoms with Crippen molar-refractivity contribution in [2.24, 2.45) is 11.1 Å². The highest BCUT2D eigenvalue weighted by Crippen LogP contribution is 2.62. The van der Waals surface area contributed by atoms with E-state index in [1.165, 1.54) is 6.07 Å². The molecule has 4 N–H and O–H groups in total. The van der Waals surface area contributed by atoms with Crippen LogP contribution in [0.15, 0.2) is 84.9 Å². The minimum Gasteiger partial charge on any atom is -0.497 e. The number of pyridine rings is 2. The van der Waals surface area contributed by atoms with E-state index in [4.69, 9.17) is 15.2 Å². The van der Waals surface area contributed by atoms with E-state index in [0.29, 0.717) is 42.2 Å². The predicted octanol–water partition coefficient (Wildman–Crippen LogP) is 4.52. The van der Waals surface area contributed by atoms with Crippen LogP contribution in [-0.2, 0) is 6.54 Å². The topological polar surface area (TPSA) is 200 Å². The van der Waals surface area contributed by atoms with Crippen LogP contribution in [0.4, 0.5) is 26.0 Å². The summed E-state index contributed by atoms with van der Waals surface area (Å²) in [6.07, 6.45) is -0.00670. The van der Waals surface area contributed by atoms with Crippen LogP contribution in [0.3, 0.4) is 0 Å². The molecule has 3 heterocycles. The van der Waals surface area contributed by atoms with Crippen LogP contribution < -0.4 is 35.6 Å². The number of rotatable bonds is 8. The number of aromatic nitrogens is 2. The third kappa shape index (κ3) is 6.61. The third-order valence-electron chi connectivity index (χ3n) is 8.65. The highest BCUT2D eigenvalue weighted by atomic mass is 16.6. The fourth-order valence-electron chi connectivity index (χ4n) is 6.46. The molecule has 1 aliphatic heterocycles. The van der Waals surface area contributed by atoms with E-state index in [9.17, 15) is 24.9 Å². The number of carbonyl (C=O) groups excluding carboxylic acids is 3. The standard InChI is InChI=1S/C35H31N9O5/c1-48-26-13-10-22(11-14-26)20-39-33(46)42-25-16-35(17-25)21-43(29-9-5-6-23(18-36)40-29)30(35)28-15-12-24(19-37)41-31(28)44(32(38)45)34(47)49-27-7-3-2-4-8-27/h2-15,25,30H,16-17,20-21H2,1H3,(H2,38,45)(H2,39,42,46). The van der Waals surface area contributed by atoms with Crippen molar-refractivity contribution in [2.75, 3.05) is 23.5 Å². The number of nitrogens with one attached hydrogen (secondary N) is 2. The first-order chi connectivity index (χ1) is 23.7. The van der Waals surface area contributed by atoms with Gasteiger partial charge in [0.15, 0.2) is 5.82 Å². The monoisotopic (exact) mass is 657 g/mol. The summed E-state index contributed by atoms with van der Waals surface area (Å²) in [6.45, 7) is 0.822. The Labute approximate surface area is 281 Å². The van der Waals surface area contributed by atoms with Crippen molar-refractivity contribution in [2.45, 2.75) is 31.5 Å². The van der Waals surface area contributed by atoms with Gasteiger partial charge in [-0.25, -0.2) is 24.4 Å². The van der Waals surface area contributed by atoms with Crippen molar-refractivity contribution >= 4 is 29.8 Å². The Morgan fingerprint density at radius 1 is 0.939 bits per heavy atom. The number of amides is 5. The number of para-hydroxylation sites is 1. The van der Waals surface area contributed by atoms with Crippen LogP contribution in [0.5, 0.6) is 11.5 Å². The molecule has 0 bridgehead atoms. The molecule has 0 radical (unpaired) electrons. The average Bonchev–Trinajstić information content (AvgIpc) is 3.09. The number of anilines is 2. The van der Waals surface area contributed by atoms with Crippen LogP contribution in [0.1, 0.15) is 41.4 Å². The Kier molecular flexibility index (Phi) is 8.95. The Morgan fingerprint density at radius 3 is 2.33 bits per heavy atom. The lowest BCUT2D eigenvalue weighted by Gasteiger charge is -2.65. The maximum atomic E-state index is 13.4.